The van der Waals surface area contributed by atoms with Crippen molar-refractivity contribution in [2.24, 2.45) is 0 Å². The average Bonchev–Trinajstić information content (AvgIpc) is 2.45. The summed E-state index contributed by atoms with van der Waals surface area (Å²) in [6.07, 6.45) is 0. The quantitative estimate of drug-likeness (QED) is 0.362. The minimum Gasteiger partial charge on any atom is -0.504 e. The molecule has 0 spiro atoms. The van der Waals surface area contributed by atoms with Gasteiger partial charge in [0.25, 0.3) is 0 Å². The van der Waals surface area contributed by atoms with Gasteiger partial charge in [-0.3, -0.25) is 4.79 Å². The Morgan fingerprint density at radius 2 is 1.24 bits per heavy atom. The second-order valence-corrected chi connectivity index (χ2v) is 4.15. The van der Waals surface area contributed by atoms with Crippen LogP contribution in [0.25, 0.3) is 0 Å². The molecule has 0 aliphatic rings. The molecular formula is C13H9FO7. The van der Waals surface area contributed by atoms with Crippen LogP contribution in [0.15, 0.2) is 18.2 Å². The third-order valence-electron chi connectivity index (χ3n) is 2.77. The molecule has 0 aromatic heterocycles. The third kappa shape index (κ3) is 2.22. The van der Waals surface area contributed by atoms with E-state index in [4.69, 9.17) is 10.2 Å². The lowest BCUT2D eigenvalue weighted by atomic mass is 10.0. The molecule has 2 aromatic carbocycles. The van der Waals surface area contributed by atoms with E-state index in [1.165, 1.54) is 0 Å². The van der Waals surface area contributed by atoms with E-state index in [-0.39, 0.29) is 0 Å². The van der Waals surface area contributed by atoms with Gasteiger partial charge in [0.15, 0.2) is 40.3 Å². The first kappa shape index (κ1) is 14.3. The number of carbonyl (C=O) groups excluding carboxylic acids is 1. The first-order chi connectivity index (χ1) is 9.73. The molecule has 0 fully saturated rings. The number of phenolic OH excluding ortho intramolecular Hbond substituents is 6. The molecular weight excluding hydrogens is 287 g/mol. The highest BCUT2D eigenvalue weighted by Crippen LogP contribution is 2.40. The van der Waals surface area contributed by atoms with Crippen molar-refractivity contribution >= 4 is 5.78 Å². The molecule has 0 aliphatic carbocycles. The van der Waals surface area contributed by atoms with Gasteiger partial charge < -0.3 is 30.6 Å². The summed E-state index contributed by atoms with van der Waals surface area (Å²) >= 11 is 0. The lowest BCUT2D eigenvalue weighted by Gasteiger charge is -2.09. The fourth-order valence-electron chi connectivity index (χ4n) is 1.68. The second kappa shape index (κ2) is 4.75. The van der Waals surface area contributed by atoms with Gasteiger partial charge in [0.2, 0.25) is 5.75 Å². The SMILES string of the molecule is O=C(c1cc(O)c(O)c(O)c1)c1cc(O)c(O)c(O)c1F. The van der Waals surface area contributed by atoms with Crippen LogP contribution in [0.3, 0.4) is 0 Å². The van der Waals surface area contributed by atoms with Crippen molar-refractivity contribution in [1.29, 1.82) is 0 Å². The zero-order valence-electron chi connectivity index (χ0n) is 10.2. The van der Waals surface area contributed by atoms with E-state index in [0.29, 0.717) is 6.07 Å². The lowest BCUT2D eigenvalue weighted by Crippen LogP contribution is -2.04. The lowest BCUT2D eigenvalue weighted by molar-refractivity contribution is 0.103. The Hall–Kier alpha value is -3.16. The van der Waals surface area contributed by atoms with Crippen molar-refractivity contribution in [3.63, 3.8) is 0 Å². The minimum atomic E-state index is -1.48. The summed E-state index contributed by atoms with van der Waals surface area (Å²) in [6.45, 7) is 0. The first-order valence-electron chi connectivity index (χ1n) is 5.47. The fourth-order valence-corrected chi connectivity index (χ4v) is 1.68. The maximum atomic E-state index is 13.7. The summed E-state index contributed by atoms with van der Waals surface area (Å²) in [5.41, 5.74) is -1.21. The van der Waals surface area contributed by atoms with Crippen LogP contribution in [0.2, 0.25) is 0 Å². The van der Waals surface area contributed by atoms with Crippen LogP contribution in [0.4, 0.5) is 4.39 Å². The molecule has 0 saturated heterocycles. The zero-order valence-corrected chi connectivity index (χ0v) is 10.2. The van der Waals surface area contributed by atoms with Gasteiger partial charge in [-0.2, -0.15) is 0 Å². The summed E-state index contributed by atoms with van der Waals surface area (Å²) in [5, 5.41) is 55.4. The maximum absolute atomic E-state index is 13.7. The van der Waals surface area contributed by atoms with Crippen LogP contribution in [-0.4, -0.2) is 36.4 Å². The molecule has 0 saturated carbocycles. The topological polar surface area (TPSA) is 138 Å². The van der Waals surface area contributed by atoms with Gasteiger partial charge in [0.05, 0.1) is 5.56 Å². The molecule has 7 nitrogen and oxygen atoms in total. The fraction of sp³-hybridized carbons (Fsp3) is 0. The molecule has 0 unspecified atom stereocenters. The van der Waals surface area contributed by atoms with Crippen LogP contribution in [-0.2, 0) is 0 Å². The van der Waals surface area contributed by atoms with E-state index in [9.17, 15) is 29.6 Å². The highest BCUT2D eigenvalue weighted by atomic mass is 19.1. The average molecular weight is 296 g/mol. The van der Waals surface area contributed by atoms with E-state index in [0.717, 1.165) is 12.1 Å². The van der Waals surface area contributed by atoms with Gasteiger partial charge in [0.1, 0.15) is 0 Å². The highest BCUT2D eigenvalue weighted by Gasteiger charge is 2.24. The van der Waals surface area contributed by atoms with E-state index >= 15 is 0 Å². The van der Waals surface area contributed by atoms with Crippen LogP contribution in [0.5, 0.6) is 34.5 Å². The third-order valence-corrected chi connectivity index (χ3v) is 2.77. The molecule has 0 bridgehead atoms. The maximum Gasteiger partial charge on any atom is 0.203 e. The summed E-state index contributed by atoms with van der Waals surface area (Å²) < 4.78 is 13.7. The van der Waals surface area contributed by atoms with Gasteiger partial charge in [-0.1, -0.05) is 0 Å². The summed E-state index contributed by atoms with van der Waals surface area (Å²) in [6, 6.07) is 2.10. The molecule has 6 N–H and O–H groups in total. The number of phenols is 6. The molecule has 0 amide bonds. The molecule has 2 rings (SSSR count). The Labute approximate surface area is 116 Å². The van der Waals surface area contributed by atoms with Gasteiger partial charge in [-0.25, -0.2) is 4.39 Å². The van der Waals surface area contributed by atoms with Crippen LogP contribution in [0.1, 0.15) is 15.9 Å². The van der Waals surface area contributed by atoms with Crippen molar-refractivity contribution in [2.45, 2.75) is 0 Å². The number of halogens is 1. The van der Waals surface area contributed by atoms with Crippen LogP contribution >= 0.6 is 0 Å². The Bertz CT molecular complexity index is 732. The number of ketones is 1. The Morgan fingerprint density at radius 1 is 0.762 bits per heavy atom. The van der Waals surface area contributed by atoms with Crippen LogP contribution in [0, 0.1) is 5.82 Å². The largest absolute Gasteiger partial charge is 0.504 e. The molecule has 0 aliphatic heterocycles. The van der Waals surface area contributed by atoms with Gasteiger partial charge in [0, 0.05) is 5.56 Å². The van der Waals surface area contributed by atoms with Gasteiger partial charge >= 0.3 is 0 Å². The predicted octanol–water partition coefficient (Wildman–Crippen LogP) is 1.29. The number of aromatic hydroxyl groups is 6. The Kier molecular flexibility index (Phi) is 3.22. The van der Waals surface area contributed by atoms with Gasteiger partial charge in [-0.05, 0) is 18.2 Å². The smallest absolute Gasteiger partial charge is 0.203 e. The predicted molar refractivity (Wildman–Crippen MR) is 66.3 cm³/mol. The number of carbonyl (C=O) groups is 1. The van der Waals surface area contributed by atoms with Crippen molar-refractivity contribution in [3.8, 4) is 34.5 Å². The Balaban J connectivity index is 2.61. The molecule has 2 aromatic rings. The molecule has 0 radical (unpaired) electrons. The molecule has 110 valence electrons. The number of hydrogen-bond donors (Lipinski definition) is 6. The second-order valence-electron chi connectivity index (χ2n) is 4.15. The first-order valence-corrected chi connectivity index (χ1v) is 5.47. The number of rotatable bonds is 2. The van der Waals surface area contributed by atoms with Crippen molar-refractivity contribution in [3.05, 3.63) is 35.1 Å². The minimum absolute atomic E-state index is 0.411. The van der Waals surface area contributed by atoms with Crippen LogP contribution < -0.4 is 0 Å². The summed E-state index contributed by atoms with van der Waals surface area (Å²) in [5.74, 6) is -8.44. The van der Waals surface area contributed by atoms with Crippen molar-refractivity contribution < 1.29 is 39.8 Å². The van der Waals surface area contributed by atoms with Crippen molar-refractivity contribution in [1.82, 2.24) is 0 Å². The number of benzene rings is 2. The molecule has 0 atom stereocenters. The Morgan fingerprint density at radius 3 is 1.76 bits per heavy atom. The molecule has 21 heavy (non-hydrogen) atoms. The highest BCUT2D eigenvalue weighted by molar-refractivity contribution is 6.10. The van der Waals surface area contributed by atoms with E-state index in [1.807, 2.05) is 0 Å². The summed E-state index contributed by atoms with van der Waals surface area (Å²) in [7, 11) is 0. The van der Waals surface area contributed by atoms with Crippen molar-refractivity contribution in [2.75, 3.05) is 0 Å². The normalized spacial score (nSPS) is 10.5. The van der Waals surface area contributed by atoms with E-state index in [1.54, 1.807) is 0 Å². The summed E-state index contributed by atoms with van der Waals surface area (Å²) in [4.78, 5) is 12.1. The number of hydrogen-bond acceptors (Lipinski definition) is 7. The standard InChI is InChI=1S/C13H9FO7/c14-9-5(3-8(17)12(20)13(9)21)10(18)4-1-6(15)11(19)7(16)2-4/h1-3,15-17,19-21H. The zero-order chi connectivity index (χ0) is 15.9. The molecule has 0 heterocycles. The monoisotopic (exact) mass is 296 g/mol. The van der Waals surface area contributed by atoms with E-state index in [2.05, 4.69) is 0 Å². The molecule has 8 heteroatoms. The van der Waals surface area contributed by atoms with E-state index < -0.39 is 57.2 Å². The van der Waals surface area contributed by atoms with Gasteiger partial charge in [-0.15, -0.1) is 0 Å².